The standard InChI is InChI=1S/C14H11IN2O2/c15-9-3-1-4-10(7-9)18-8-13-17-14-11(16)5-2-6-12(14)19-13/h1-7H,8,16H2. The van der Waals surface area contributed by atoms with Crippen LogP contribution in [-0.2, 0) is 6.61 Å². The number of anilines is 1. The first kappa shape index (κ1) is 12.3. The number of benzene rings is 2. The maximum atomic E-state index is 5.83. The Balaban J connectivity index is 1.80. The van der Waals surface area contributed by atoms with Crippen molar-refractivity contribution in [2.75, 3.05) is 5.73 Å². The molecule has 0 aliphatic heterocycles. The van der Waals surface area contributed by atoms with Crippen molar-refractivity contribution in [3.8, 4) is 5.75 Å². The van der Waals surface area contributed by atoms with Crippen molar-refractivity contribution in [1.82, 2.24) is 4.98 Å². The molecule has 3 rings (SSSR count). The lowest BCUT2D eigenvalue weighted by Gasteiger charge is -2.03. The Kier molecular flexibility index (Phi) is 3.29. The largest absolute Gasteiger partial charge is 0.484 e. The first-order chi connectivity index (χ1) is 9.22. The Bertz CT molecular complexity index is 724. The normalized spacial score (nSPS) is 10.8. The van der Waals surface area contributed by atoms with Crippen LogP contribution in [0.4, 0.5) is 5.69 Å². The van der Waals surface area contributed by atoms with Crippen molar-refractivity contribution in [2.45, 2.75) is 6.61 Å². The lowest BCUT2D eigenvalue weighted by molar-refractivity contribution is 0.267. The fourth-order valence-electron chi connectivity index (χ4n) is 1.78. The number of oxazole rings is 1. The van der Waals surface area contributed by atoms with E-state index in [0.29, 0.717) is 22.7 Å². The van der Waals surface area contributed by atoms with Crippen molar-refractivity contribution in [3.63, 3.8) is 0 Å². The van der Waals surface area contributed by atoms with Gasteiger partial charge in [0.05, 0.1) is 5.69 Å². The summed E-state index contributed by atoms with van der Waals surface area (Å²) in [5.41, 5.74) is 7.81. The molecule has 0 saturated carbocycles. The molecule has 0 bridgehead atoms. The second-order valence-corrected chi connectivity index (χ2v) is 5.29. The number of hydrogen-bond donors (Lipinski definition) is 1. The molecule has 0 radical (unpaired) electrons. The molecule has 96 valence electrons. The summed E-state index contributed by atoms with van der Waals surface area (Å²) in [6.45, 7) is 0.286. The van der Waals surface area contributed by atoms with Gasteiger partial charge in [-0.25, -0.2) is 4.98 Å². The first-order valence-electron chi connectivity index (χ1n) is 5.74. The van der Waals surface area contributed by atoms with Crippen LogP contribution in [0.2, 0.25) is 0 Å². The van der Waals surface area contributed by atoms with Gasteiger partial charge in [-0.2, -0.15) is 0 Å². The lowest BCUT2D eigenvalue weighted by atomic mass is 10.3. The average molecular weight is 366 g/mol. The molecule has 0 atom stereocenters. The van der Waals surface area contributed by atoms with Crippen molar-refractivity contribution in [2.24, 2.45) is 0 Å². The molecule has 0 amide bonds. The second-order valence-electron chi connectivity index (χ2n) is 4.05. The molecule has 0 saturated heterocycles. The van der Waals surface area contributed by atoms with Crippen LogP contribution in [0.3, 0.4) is 0 Å². The van der Waals surface area contributed by atoms with Crippen LogP contribution in [0.15, 0.2) is 46.9 Å². The highest BCUT2D eigenvalue weighted by Gasteiger charge is 2.08. The highest BCUT2D eigenvalue weighted by molar-refractivity contribution is 14.1. The average Bonchev–Trinajstić information content (AvgIpc) is 2.81. The van der Waals surface area contributed by atoms with Gasteiger partial charge in [-0.3, -0.25) is 0 Å². The number of halogens is 1. The first-order valence-corrected chi connectivity index (χ1v) is 6.82. The van der Waals surface area contributed by atoms with Crippen molar-refractivity contribution in [3.05, 3.63) is 51.9 Å². The van der Waals surface area contributed by atoms with Crippen LogP contribution in [0.1, 0.15) is 5.89 Å². The summed E-state index contributed by atoms with van der Waals surface area (Å²) in [7, 11) is 0. The predicted molar refractivity (Wildman–Crippen MR) is 81.9 cm³/mol. The van der Waals surface area contributed by atoms with E-state index in [1.165, 1.54) is 0 Å². The van der Waals surface area contributed by atoms with E-state index in [-0.39, 0.29) is 6.61 Å². The zero-order chi connectivity index (χ0) is 13.2. The minimum absolute atomic E-state index is 0.286. The summed E-state index contributed by atoms with van der Waals surface area (Å²) in [6, 6.07) is 13.3. The molecule has 5 heteroatoms. The summed E-state index contributed by atoms with van der Waals surface area (Å²) in [5.74, 6) is 1.31. The van der Waals surface area contributed by atoms with Crippen LogP contribution in [0.25, 0.3) is 11.1 Å². The van der Waals surface area contributed by atoms with E-state index in [0.717, 1.165) is 9.32 Å². The van der Waals surface area contributed by atoms with Crippen LogP contribution < -0.4 is 10.5 Å². The number of nitrogens with two attached hydrogens (primary N) is 1. The van der Waals surface area contributed by atoms with Gasteiger partial charge >= 0.3 is 0 Å². The molecule has 0 spiro atoms. The molecule has 4 nitrogen and oxygen atoms in total. The molecule has 2 aromatic carbocycles. The van der Waals surface area contributed by atoms with E-state index in [2.05, 4.69) is 27.6 Å². The van der Waals surface area contributed by atoms with E-state index in [4.69, 9.17) is 14.9 Å². The van der Waals surface area contributed by atoms with Crippen LogP contribution >= 0.6 is 22.6 Å². The maximum absolute atomic E-state index is 5.83. The topological polar surface area (TPSA) is 61.3 Å². The third-order valence-electron chi connectivity index (χ3n) is 2.65. The van der Waals surface area contributed by atoms with Gasteiger partial charge in [0.25, 0.3) is 0 Å². The van der Waals surface area contributed by atoms with Crippen molar-refractivity contribution >= 4 is 39.4 Å². The Labute approximate surface area is 123 Å². The Hall–Kier alpha value is -1.76. The number of hydrogen-bond acceptors (Lipinski definition) is 4. The fraction of sp³-hybridized carbons (Fsp3) is 0.0714. The molecule has 0 aliphatic carbocycles. The number of ether oxygens (including phenoxy) is 1. The molecule has 3 aromatic rings. The zero-order valence-corrected chi connectivity index (χ0v) is 12.1. The minimum Gasteiger partial charge on any atom is -0.484 e. The monoisotopic (exact) mass is 366 g/mol. The third-order valence-corrected chi connectivity index (χ3v) is 3.32. The maximum Gasteiger partial charge on any atom is 0.233 e. The predicted octanol–water partition coefficient (Wildman–Crippen LogP) is 3.59. The van der Waals surface area contributed by atoms with E-state index in [9.17, 15) is 0 Å². The number of para-hydroxylation sites is 1. The van der Waals surface area contributed by atoms with Crippen LogP contribution in [-0.4, -0.2) is 4.98 Å². The van der Waals surface area contributed by atoms with Crippen molar-refractivity contribution in [1.29, 1.82) is 0 Å². The summed E-state index contributed by atoms with van der Waals surface area (Å²) < 4.78 is 12.3. The smallest absolute Gasteiger partial charge is 0.233 e. The molecule has 0 aliphatic rings. The van der Waals surface area contributed by atoms with E-state index in [1.54, 1.807) is 6.07 Å². The van der Waals surface area contributed by atoms with Gasteiger partial charge in [0.15, 0.2) is 12.2 Å². The highest BCUT2D eigenvalue weighted by Crippen LogP contribution is 2.22. The van der Waals surface area contributed by atoms with Gasteiger partial charge in [0.2, 0.25) is 5.89 Å². The Morgan fingerprint density at radius 2 is 2.05 bits per heavy atom. The second kappa shape index (κ2) is 5.08. The fourth-order valence-corrected chi connectivity index (χ4v) is 2.29. The number of rotatable bonds is 3. The van der Waals surface area contributed by atoms with Crippen molar-refractivity contribution < 1.29 is 9.15 Å². The minimum atomic E-state index is 0.286. The number of fused-ring (bicyclic) bond motifs is 1. The molecule has 0 unspecified atom stereocenters. The van der Waals surface area contributed by atoms with E-state index >= 15 is 0 Å². The quantitative estimate of drug-likeness (QED) is 0.569. The SMILES string of the molecule is Nc1cccc2oc(COc3cccc(I)c3)nc12. The molecule has 0 fully saturated rings. The van der Waals surface area contributed by atoms with Gasteiger partial charge in [0, 0.05) is 3.57 Å². The molecule has 2 N–H and O–H groups in total. The third kappa shape index (κ3) is 2.65. The Morgan fingerprint density at radius 1 is 1.21 bits per heavy atom. The summed E-state index contributed by atoms with van der Waals surface area (Å²) in [5, 5.41) is 0. The number of nitrogens with zero attached hydrogens (tertiary/aromatic N) is 1. The van der Waals surface area contributed by atoms with Gasteiger partial charge in [0.1, 0.15) is 11.3 Å². The van der Waals surface area contributed by atoms with Crippen LogP contribution in [0.5, 0.6) is 5.75 Å². The van der Waals surface area contributed by atoms with Gasteiger partial charge in [-0.1, -0.05) is 12.1 Å². The van der Waals surface area contributed by atoms with E-state index in [1.807, 2.05) is 36.4 Å². The molecule has 1 aromatic heterocycles. The van der Waals surface area contributed by atoms with Gasteiger partial charge in [-0.15, -0.1) is 0 Å². The van der Waals surface area contributed by atoms with E-state index < -0.39 is 0 Å². The van der Waals surface area contributed by atoms with Crippen LogP contribution in [0, 0.1) is 3.57 Å². The Morgan fingerprint density at radius 3 is 2.84 bits per heavy atom. The highest BCUT2D eigenvalue weighted by atomic mass is 127. The zero-order valence-electron chi connectivity index (χ0n) is 9.97. The molecule has 1 heterocycles. The molecule has 19 heavy (non-hydrogen) atoms. The summed E-state index contributed by atoms with van der Waals surface area (Å²) in [6.07, 6.45) is 0. The number of nitrogen functional groups attached to an aromatic ring is 1. The molecular weight excluding hydrogens is 355 g/mol. The summed E-state index contributed by atoms with van der Waals surface area (Å²) in [4.78, 5) is 4.33. The lowest BCUT2D eigenvalue weighted by Crippen LogP contribution is -1.95. The summed E-state index contributed by atoms with van der Waals surface area (Å²) >= 11 is 2.24. The number of aromatic nitrogens is 1. The van der Waals surface area contributed by atoms with Gasteiger partial charge < -0.3 is 14.9 Å². The van der Waals surface area contributed by atoms with Gasteiger partial charge in [-0.05, 0) is 52.9 Å². The molecular formula is C14H11IN2O2.